The van der Waals surface area contributed by atoms with Crippen LogP contribution in [0.25, 0.3) is 0 Å². The van der Waals surface area contributed by atoms with Gasteiger partial charge >= 0.3 is 12.2 Å². The Kier molecular flexibility index (Phi) is 6.11. The van der Waals surface area contributed by atoms with E-state index >= 15 is 0 Å². The number of aliphatic hydroxyl groups excluding tert-OH is 1. The number of hydrogen-bond acceptors (Lipinski definition) is 7. The lowest BCUT2D eigenvalue weighted by atomic mass is 10.1. The van der Waals surface area contributed by atoms with Crippen LogP contribution in [0.5, 0.6) is 0 Å². The van der Waals surface area contributed by atoms with Crippen molar-refractivity contribution in [3.05, 3.63) is 41.2 Å². The van der Waals surface area contributed by atoms with E-state index in [9.17, 15) is 18.0 Å². The van der Waals surface area contributed by atoms with Crippen molar-refractivity contribution in [2.24, 2.45) is 0 Å². The molecule has 0 aromatic carbocycles. The van der Waals surface area contributed by atoms with Crippen LogP contribution in [0.2, 0.25) is 0 Å². The Morgan fingerprint density at radius 2 is 2.00 bits per heavy atom. The first kappa shape index (κ1) is 20.7. The third-order valence-electron chi connectivity index (χ3n) is 4.29. The molecule has 9 nitrogen and oxygen atoms in total. The molecule has 0 fully saturated rings. The predicted octanol–water partition coefficient (Wildman–Crippen LogP) is 1.35. The van der Waals surface area contributed by atoms with Gasteiger partial charge in [-0.1, -0.05) is 0 Å². The van der Waals surface area contributed by atoms with E-state index in [0.29, 0.717) is 30.2 Å². The number of fused-ring (bicyclic) bond motifs is 1. The van der Waals surface area contributed by atoms with Crippen LogP contribution in [0.1, 0.15) is 29.6 Å². The number of amides is 2. The van der Waals surface area contributed by atoms with Crippen molar-refractivity contribution in [3.63, 3.8) is 0 Å². The van der Waals surface area contributed by atoms with E-state index in [0.717, 1.165) is 18.0 Å². The number of aliphatic hydroxyl groups is 1. The Hall–Kier alpha value is -3.02. The highest BCUT2D eigenvalue weighted by atomic mass is 19.4. The molecule has 0 radical (unpaired) electrons. The van der Waals surface area contributed by atoms with E-state index in [2.05, 4.69) is 30.6 Å². The molecule has 0 bridgehead atoms. The largest absolute Gasteiger partial charge is 0.451 e. The summed E-state index contributed by atoms with van der Waals surface area (Å²) < 4.78 is 37.5. The summed E-state index contributed by atoms with van der Waals surface area (Å²) in [7, 11) is 0. The lowest BCUT2D eigenvalue weighted by molar-refractivity contribution is -0.145. The number of urea groups is 1. The molecular formula is C17H20F3N7O2. The molecule has 0 spiro atoms. The van der Waals surface area contributed by atoms with Crippen LogP contribution in [0.15, 0.2) is 18.6 Å². The summed E-state index contributed by atoms with van der Waals surface area (Å²) in [5.74, 6) is -0.853. The van der Waals surface area contributed by atoms with Gasteiger partial charge in [0.05, 0.1) is 18.8 Å². The smallest absolute Gasteiger partial charge is 0.394 e. The van der Waals surface area contributed by atoms with Gasteiger partial charge in [-0.05, 0) is 18.9 Å². The number of halogens is 3. The van der Waals surface area contributed by atoms with Gasteiger partial charge < -0.3 is 20.6 Å². The summed E-state index contributed by atoms with van der Waals surface area (Å²) in [6, 6.07) is -0.575. The summed E-state index contributed by atoms with van der Waals surface area (Å²) in [5.41, 5.74) is 2.00. The van der Waals surface area contributed by atoms with Gasteiger partial charge in [0.2, 0.25) is 11.8 Å². The van der Waals surface area contributed by atoms with Gasteiger partial charge in [-0.3, -0.25) is 0 Å². The van der Waals surface area contributed by atoms with E-state index < -0.39 is 12.0 Å². The molecular weight excluding hydrogens is 391 g/mol. The molecule has 1 aliphatic heterocycles. The average Bonchev–Trinajstić information content (AvgIpc) is 2.71. The molecule has 2 aromatic rings. The maximum Gasteiger partial charge on any atom is 0.451 e. The summed E-state index contributed by atoms with van der Waals surface area (Å²) >= 11 is 0. The summed E-state index contributed by atoms with van der Waals surface area (Å²) in [6.45, 7) is 2.46. The lowest BCUT2D eigenvalue weighted by Crippen LogP contribution is -2.43. The normalized spacial score (nSPS) is 14.9. The summed E-state index contributed by atoms with van der Waals surface area (Å²) in [6.07, 6.45) is -0.247. The van der Waals surface area contributed by atoms with Gasteiger partial charge in [-0.25, -0.2) is 24.7 Å². The molecule has 0 aliphatic carbocycles. The number of nitrogens with one attached hydrogen (secondary N) is 2. The van der Waals surface area contributed by atoms with Gasteiger partial charge in [-0.2, -0.15) is 13.2 Å². The molecule has 156 valence electrons. The minimum absolute atomic E-state index is 0.00488. The molecule has 0 saturated carbocycles. The van der Waals surface area contributed by atoms with Crippen molar-refractivity contribution in [2.75, 3.05) is 18.5 Å². The molecule has 12 heteroatoms. The first-order chi connectivity index (χ1) is 13.8. The van der Waals surface area contributed by atoms with E-state index in [4.69, 9.17) is 5.11 Å². The monoisotopic (exact) mass is 411 g/mol. The third-order valence-corrected chi connectivity index (χ3v) is 4.29. The highest BCUT2D eigenvalue weighted by Crippen LogP contribution is 2.25. The average molecular weight is 411 g/mol. The zero-order valence-electron chi connectivity index (χ0n) is 15.6. The highest BCUT2D eigenvalue weighted by Gasteiger charge is 2.34. The van der Waals surface area contributed by atoms with Crippen molar-refractivity contribution in [1.29, 1.82) is 0 Å². The zero-order valence-corrected chi connectivity index (χ0v) is 15.6. The summed E-state index contributed by atoms with van der Waals surface area (Å²) in [4.78, 5) is 29.1. The number of nitrogens with zero attached hydrogens (tertiary/aromatic N) is 5. The van der Waals surface area contributed by atoms with Crippen molar-refractivity contribution >= 4 is 12.0 Å². The van der Waals surface area contributed by atoms with Gasteiger partial charge in [0.25, 0.3) is 0 Å². The Morgan fingerprint density at radius 3 is 2.66 bits per heavy atom. The fraction of sp³-hybridized carbons (Fsp3) is 0.471. The van der Waals surface area contributed by atoms with Gasteiger partial charge in [0.1, 0.15) is 0 Å². The fourth-order valence-electron chi connectivity index (χ4n) is 2.69. The van der Waals surface area contributed by atoms with Crippen molar-refractivity contribution < 1.29 is 23.1 Å². The van der Waals surface area contributed by atoms with Crippen molar-refractivity contribution in [3.8, 4) is 0 Å². The first-order valence-electron chi connectivity index (χ1n) is 8.89. The Labute approximate surface area is 164 Å². The number of anilines is 1. The molecule has 1 atom stereocenters. The van der Waals surface area contributed by atoms with Crippen LogP contribution in [0.4, 0.5) is 23.9 Å². The van der Waals surface area contributed by atoms with Crippen LogP contribution in [0.3, 0.4) is 0 Å². The fourth-order valence-corrected chi connectivity index (χ4v) is 2.69. The van der Waals surface area contributed by atoms with Crippen LogP contribution in [0, 0.1) is 0 Å². The molecule has 1 aliphatic rings. The quantitative estimate of drug-likeness (QED) is 0.680. The van der Waals surface area contributed by atoms with E-state index in [1.165, 1.54) is 0 Å². The second-order valence-electron chi connectivity index (χ2n) is 6.64. The highest BCUT2D eigenvalue weighted by molar-refractivity contribution is 5.74. The molecule has 0 saturated heterocycles. The minimum Gasteiger partial charge on any atom is -0.394 e. The van der Waals surface area contributed by atoms with Gasteiger partial charge in [0.15, 0.2) is 0 Å². The third kappa shape index (κ3) is 5.28. The predicted molar refractivity (Wildman–Crippen MR) is 95.6 cm³/mol. The van der Waals surface area contributed by atoms with E-state index in [-0.39, 0.29) is 31.8 Å². The maximum absolute atomic E-state index is 12.5. The number of carbonyl (C=O) groups excluding carboxylic acids is 1. The molecule has 2 amide bonds. The second-order valence-corrected chi connectivity index (χ2v) is 6.64. The van der Waals surface area contributed by atoms with Crippen molar-refractivity contribution in [1.82, 2.24) is 30.2 Å². The molecule has 3 rings (SSSR count). The molecule has 3 N–H and O–H groups in total. The van der Waals surface area contributed by atoms with E-state index in [1.54, 1.807) is 18.0 Å². The Bertz CT molecular complexity index is 861. The number of alkyl halides is 3. The standard InChI is InChI=1S/C17H20F3N7O2/c1-10(9-28)25-15-23-7-12-2-3-27(8-13(12)26-15)16(29)24-6-11-4-21-14(22-5-11)17(18,19)20/h4-5,7,10,28H,2-3,6,8-9H2,1H3,(H,24,29)(H,23,25,26)/t10-/m0/s1. The van der Waals surface area contributed by atoms with Crippen LogP contribution in [-0.2, 0) is 25.7 Å². The Balaban J connectivity index is 1.58. The van der Waals surface area contributed by atoms with Crippen LogP contribution < -0.4 is 10.6 Å². The number of hydrogen-bond donors (Lipinski definition) is 3. The summed E-state index contributed by atoms with van der Waals surface area (Å²) in [5, 5.41) is 14.7. The first-order valence-corrected chi connectivity index (χ1v) is 8.89. The van der Waals surface area contributed by atoms with Gasteiger partial charge in [0, 0.05) is 43.3 Å². The lowest BCUT2D eigenvalue weighted by Gasteiger charge is -2.28. The minimum atomic E-state index is -4.60. The SMILES string of the molecule is C[C@@H](CO)Nc1ncc2c(n1)CN(C(=O)NCc1cnc(C(F)(F)F)nc1)CC2. The number of carbonyl (C=O) groups is 1. The second kappa shape index (κ2) is 8.55. The van der Waals surface area contributed by atoms with Crippen molar-refractivity contribution in [2.45, 2.75) is 38.7 Å². The molecule has 2 aromatic heterocycles. The zero-order chi connectivity index (χ0) is 21.0. The molecule has 3 heterocycles. The van der Waals surface area contributed by atoms with E-state index in [1.807, 2.05) is 0 Å². The molecule has 29 heavy (non-hydrogen) atoms. The van der Waals surface area contributed by atoms with Crippen LogP contribution >= 0.6 is 0 Å². The Morgan fingerprint density at radius 1 is 1.28 bits per heavy atom. The number of rotatable bonds is 5. The van der Waals surface area contributed by atoms with Gasteiger partial charge in [-0.15, -0.1) is 0 Å². The maximum atomic E-state index is 12.5. The molecule has 0 unspecified atom stereocenters. The topological polar surface area (TPSA) is 116 Å². The van der Waals surface area contributed by atoms with Crippen LogP contribution in [-0.4, -0.2) is 55.2 Å². The number of aromatic nitrogens is 4.